The van der Waals surface area contributed by atoms with E-state index in [1.165, 1.54) is 6.07 Å². The van der Waals surface area contributed by atoms with Crippen LogP contribution in [-0.2, 0) is 4.74 Å². The number of unbranched alkanes of at least 4 members (excludes halogenated alkanes) is 3. The van der Waals surface area contributed by atoms with Gasteiger partial charge in [-0.1, -0.05) is 25.0 Å². The number of anilines is 1. The molecule has 4 N–H and O–H groups in total. The molecular formula is C18H25N5O4. The number of nitrogens with zero attached hydrogens (tertiary/aromatic N) is 1. The minimum atomic E-state index is -0.419. The molecule has 1 heterocycles. The molecule has 1 aromatic rings. The van der Waals surface area contributed by atoms with E-state index >= 15 is 0 Å². The summed E-state index contributed by atoms with van der Waals surface area (Å²) in [5, 5.41) is 7.90. The number of H-pyrrole nitrogens is 1. The first-order valence-electron chi connectivity index (χ1n) is 8.95. The Labute approximate surface area is 157 Å². The molecule has 27 heavy (non-hydrogen) atoms. The van der Waals surface area contributed by atoms with Crippen molar-refractivity contribution in [2.45, 2.75) is 38.7 Å². The predicted molar refractivity (Wildman–Crippen MR) is 102 cm³/mol. The van der Waals surface area contributed by atoms with Crippen LogP contribution in [0.5, 0.6) is 0 Å². The van der Waals surface area contributed by atoms with Crippen LogP contribution in [0.3, 0.4) is 0 Å². The van der Waals surface area contributed by atoms with Gasteiger partial charge in [0.1, 0.15) is 6.10 Å². The minimum absolute atomic E-state index is 0.124. The van der Waals surface area contributed by atoms with E-state index in [2.05, 4.69) is 25.9 Å². The third-order valence-corrected chi connectivity index (χ3v) is 3.72. The van der Waals surface area contributed by atoms with Crippen molar-refractivity contribution in [3.8, 4) is 0 Å². The average molecular weight is 375 g/mol. The maximum absolute atomic E-state index is 11.7. The minimum Gasteiger partial charge on any atom is -0.438 e. The van der Waals surface area contributed by atoms with Gasteiger partial charge >= 0.3 is 12.1 Å². The number of carbonyl (C=O) groups is 2. The van der Waals surface area contributed by atoms with Gasteiger partial charge in [-0.05, 0) is 31.9 Å². The number of aromatic amines is 1. The lowest BCUT2D eigenvalue weighted by Crippen LogP contribution is -2.31. The van der Waals surface area contributed by atoms with Gasteiger partial charge < -0.3 is 15.4 Å². The first kappa shape index (κ1) is 20.2. The van der Waals surface area contributed by atoms with E-state index in [-0.39, 0.29) is 17.6 Å². The molecule has 0 radical (unpaired) electrons. The topological polar surface area (TPSA) is 125 Å². The molecule has 0 fully saturated rings. The van der Waals surface area contributed by atoms with Crippen molar-refractivity contribution in [3.05, 3.63) is 46.4 Å². The Hall–Kier alpha value is -3.10. The summed E-state index contributed by atoms with van der Waals surface area (Å²) in [6, 6.07) is 0.934. The highest BCUT2D eigenvalue weighted by atomic mass is 16.6. The number of amides is 3. The highest BCUT2D eigenvalue weighted by Crippen LogP contribution is 2.04. The summed E-state index contributed by atoms with van der Waals surface area (Å²) in [6.07, 6.45) is 10.1. The smallest absolute Gasteiger partial charge is 0.408 e. The van der Waals surface area contributed by atoms with Gasteiger partial charge in [-0.3, -0.25) is 15.1 Å². The van der Waals surface area contributed by atoms with Crippen LogP contribution in [0.15, 0.2) is 35.2 Å². The van der Waals surface area contributed by atoms with Crippen LogP contribution in [0.2, 0.25) is 0 Å². The summed E-state index contributed by atoms with van der Waals surface area (Å²) in [5.74, 6) is 0.124. The Bertz CT molecular complexity index is 744. The quantitative estimate of drug-likeness (QED) is 0.491. The zero-order chi connectivity index (χ0) is 19.5. The third kappa shape index (κ3) is 8.21. The van der Waals surface area contributed by atoms with E-state index in [0.29, 0.717) is 18.8 Å². The second-order valence-electron chi connectivity index (χ2n) is 6.10. The molecule has 146 valence electrons. The van der Waals surface area contributed by atoms with Gasteiger partial charge in [0.15, 0.2) is 0 Å². The summed E-state index contributed by atoms with van der Waals surface area (Å²) in [7, 11) is 0. The molecule has 0 bridgehead atoms. The second kappa shape index (κ2) is 10.8. The van der Waals surface area contributed by atoms with Gasteiger partial charge in [-0.2, -0.15) is 0 Å². The molecule has 1 aliphatic carbocycles. The predicted octanol–water partition coefficient (Wildman–Crippen LogP) is 1.98. The van der Waals surface area contributed by atoms with Gasteiger partial charge in [-0.15, -0.1) is 0 Å². The standard InChI is InChI=1S/C18H25N5O4/c1-13-12-15(24)22-16(21-13)23-17(25)19-10-6-2-3-7-11-20-18(26)27-14-8-4-5-9-14/h4-5,8-9,12,14H,2-3,6-7,10-11H2,1H3,(H,20,26)(H3,19,21,22,23,24,25). The van der Waals surface area contributed by atoms with Crippen LogP contribution in [0.4, 0.5) is 15.5 Å². The number of hydrogen-bond acceptors (Lipinski definition) is 5. The lowest BCUT2D eigenvalue weighted by molar-refractivity contribution is 0.137. The fourth-order valence-electron chi connectivity index (χ4n) is 2.44. The van der Waals surface area contributed by atoms with Crippen molar-refractivity contribution in [2.75, 3.05) is 18.4 Å². The van der Waals surface area contributed by atoms with E-state index in [9.17, 15) is 14.4 Å². The van der Waals surface area contributed by atoms with Crippen molar-refractivity contribution in [1.82, 2.24) is 20.6 Å². The molecule has 0 aliphatic heterocycles. The molecule has 1 aromatic heterocycles. The number of ether oxygens (including phenoxy) is 1. The molecule has 9 nitrogen and oxygen atoms in total. The van der Waals surface area contributed by atoms with Crippen molar-refractivity contribution in [3.63, 3.8) is 0 Å². The van der Waals surface area contributed by atoms with Crippen molar-refractivity contribution in [2.24, 2.45) is 0 Å². The zero-order valence-electron chi connectivity index (χ0n) is 15.3. The Morgan fingerprint density at radius 2 is 1.78 bits per heavy atom. The van der Waals surface area contributed by atoms with E-state index in [4.69, 9.17) is 4.74 Å². The first-order valence-corrected chi connectivity index (χ1v) is 8.95. The van der Waals surface area contributed by atoms with Gasteiger partial charge in [-0.25, -0.2) is 14.6 Å². The molecule has 3 amide bonds. The molecular weight excluding hydrogens is 350 g/mol. The summed E-state index contributed by atoms with van der Waals surface area (Å²) >= 11 is 0. The van der Waals surface area contributed by atoms with Crippen LogP contribution in [0.25, 0.3) is 0 Å². The Morgan fingerprint density at radius 3 is 2.44 bits per heavy atom. The first-order chi connectivity index (χ1) is 13.0. The van der Waals surface area contributed by atoms with Gasteiger partial charge in [0.2, 0.25) is 5.95 Å². The molecule has 0 atom stereocenters. The molecule has 0 unspecified atom stereocenters. The number of hydrogen-bond donors (Lipinski definition) is 4. The summed E-state index contributed by atoms with van der Waals surface area (Å²) in [6.45, 7) is 2.74. The van der Waals surface area contributed by atoms with Gasteiger partial charge in [0, 0.05) is 24.8 Å². The maximum Gasteiger partial charge on any atom is 0.408 e. The second-order valence-corrected chi connectivity index (χ2v) is 6.10. The third-order valence-electron chi connectivity index (χ3n) is 3.72. The van der Waals surface area contributed by atoms with Crippen molar-refractivity contribution in [1.29, 1.82) is 0 Å². The number of urea groups is 1. The van der Waals surface area contributed by atoms with Gasteiger partial charge in [0.25, 0.3) is 5.56 Å². The largest absolute Gasteiger partial charge is 0.438 e. The summed E-state index contributed by atoms with van der Waals surface area (Å²) < 4.78 is 5.14. The van der Waals surface area contributed by atoms with Crippen LogP contribution in [0, 0.1) is 6.92 Å². The fraction of sp³-hybridized carbons (Fsp3) is 0.444. The number of rotatable bonds is 9. The Balaban J connectivity index is 1.46. The van der Waals surface area contributed by atoms with Crippen molar-refractivity contribution >= 4 is 18.1 Å². The zero-order valence-corrected chi connectivity index (χ0v) is 15.3. The van der Waals surface area contributed by atoms with Crippen LogP contribution >= 0.6 is 0 Å². The molecule has 0 saturated heterocycles. The highest BCUT2D eigenvalue weighted by molar-refractivity contribution is 5.87. The molecule has 9 heteroatoms. The van der Waals surface area contributed by atoms with E-state index in [1.807, 2.05) is 12.2 Å². The molecule has 0 saturated carbocycles. The van der Waals surface area contributed by atoms with Crippen LogP contribution in [0.1, 0.15) is 31.4 Å². The van der Waals surface area contributed by atoms with E-state index < -0.39 is 12.1 Å². The number of alkyl carbamates (subject to hydrolysis) is 1. The molecule has 1 aliphatic rings. The monoisotopic (exact) mass is 375 g/mol. The Morgan fingerprint density at radius 1 is 1.11 bits per heavy atom. The molecule has 2 rings (SSSR count). The fourth-order valence-corrected chi connectivity index (χ4v) is 2.44. The normalized spacial score (nSPS) is 12.8. The SMILES string of the molecule is Cc1cc(=O)[nH]c(NC(=O)NCCCCCCNC(=O)OC2C=CC=C2)n1. The molecule has 0 spiro atoms. The molecule has 0 aromatic carbocycles. The highest BCUT2D eigenvalue weighted by Gasteiger charge is 2.09. The number of nitrogens with one attached hydrogen (secondary N) is 4. The Kier molecular flexibility index (Phi) is 8.08. The summed E-state index contributed by atoms with van der Waals surface area (Å²) in [4.78, 5) is 41.0. The summed E-state index contributed by atoms with van der Waals surface area (Å²) in [5.41, 5.74) is 0.217. The van der Waals surface area contributed by atoms with Crippen LogP contribution < -0.4 is 21.5 Å². The lowest BCUT2D eigenvalue weighted by atomic mass is 10.2. The van der Waals surface area contributed by atoms with Crippen molar-refractivity contribution < 1.29 is 14.3 Å². The van der Waals surface area contributed by atoms with E-state index in [0.717, 1.165) is 25.7 Å². The number of carbonyl (C=O) groups excluding carboxylic acids is 2. The van der Waals surface area contributed by atoms with E-state index in [1.54, 1.807) is 19.1 Å². The average Bonchev–Trinajstić information content (AvgIpc) is 3.09. The number of aryl methyl sites for hydroxylation is 1. The van der Waals surface area contributed by atoms with Gasteiger partial charge in [0.05, 0.1) is 0 Å². The maximum atomic E-state index is 11.7. The lowest BCUT2D eigenvalue weighted by Gasteiger charge is -2.10. The number of aromatic nitrogens is 2. The van der Waals surface area contributed by atoms with Crippen LogP contribution in [-0.4, -0.2) is 41.3 Å². The number of allylic oxidation sites excluding steroid dienone is 2.